The average molecular weight is 402 g/mol. The smallest absolute Gasteiger partial charge is 0.231 e. The lowest BCUT2D eigenvalue weighted by Gasteiger charge is -2.39. The predicted molar refractivity (Wildman–Crippen MR) is 110 cm³/mol. The van der Waals surface area contributed by atoms with Crippen LogP contribution in [0.5, 0.6) is 11.5 Å². The molecule has 158 valence electrons. The van der Waals surface area contributed by atoms with Crippen molar-refractivity contribution in [2.45, 2.75) is 31.1 Å². The van der Waals surface area contributed by atoms with Crippen LogP contribution in [0.25, 0.3) is 0 Å². The number of guanidine groups is 1. The van der Waals surface area contributed by atoms with Crippen LogP contribution in [0.15, 0.2) is 23.2 Å². The molecule has 5 rings (SSSR count). The number of nitrogens with one attached hydrogen (secondary N) is 1. The van der Waals surface area contributed by atoms with Crippen molar-refractivity contribution in [2.75, 3.05) is 59.9 Å². The number of likely N-dealkylation sites (tertiary alicyclic amines) is 1. The molecule has 4 aliphatic heterocycles. The van der Waals surface area contributed by atoms with Gasteiger partial charge in [0.05, 0.1) is 6.61 Å². The summed E-state index contributed by atoms with van der Waals surface area (Å²) in [6, 6.07) is 6.37. The summed E-state index contributed by atoms with van der Waals surface area (Å²) in [5.41, 5.74) is 1.61. The van der Waals surface area contributed by atoms with E-state index in [1.165, 1.54) is 18.4 Å². The van der Waals surface area contributed by atoms with Crippen molar-refractivity contribution in [1.82, 2.24) is 10.2 Å². The Hall–Kier alpha value is -1.99. The Morgan fingerprint density at radius 3 is 2.69 bits per heavy atom. The molecule has 1 spiro atoms. The van der Waals surface area contributed by atoms with E-state index in [0.717, 1.165) is 76.4 Å². The van der Waals surface area contributed by atoms with Gasteiger partial charge < -0.3 is 29.2 Å². The molecule has 0 saturated carbocycles. The highest BCUT2D eigenvalue weighted by Crippen LogP contribution is 2.41. The van der Waals surface area contributed by atoms with E-state index < -0.39 is 0 Å². The summed E-state index contributed by atoms with van der Waals surface area (Å²) in [4.78, 5) is 7.01. The first kappa shape index (κ1) is 19.0. The average Bonchev–Trinajstić information content (AvgIpc) is 3.51. The molecule has 1 N–H and O–H groups in total. The first-order valence-corrected chi connectivity index (χ1v) is 10.7. The van der Waals surface area contributed by atoms with E-state index in [2.05, 4.69) is 27.3 Å². The van der Waals surface area contributed by atoms with E-state index in [9.17, 15) is 0 Å². The fourth-order valence-electron chi connectivity index (χ4n) is 5.22. The van der Waals surface area contributed by atoms with Gasteiger partial charge in [-0.25, -0.2) is 0 Å². The Balaban J connectivity index is 1.32. The van der Waals surface area contributed by atoms with Crippen LogP contribution >= 0.6 is 0 Å². The second-order valence-electron chi connectivity index (χ2n) is 8.84. The molecule has 1 aromatic rings. The molecule has 0 bridgehead atoms. The van der Waals surface area contributed by atoms with Crippen molar-refractivity contribution < 1.29 is 18.9 Å². The van der Waals surface area contributed by atoms with Gasteiger partial charge in [-0.1, -0.05) is 6.07 Å². The van der Waals surface area contributed by atoms with Gasteiger partial charge in [0.25, 0.3) is 0 Å². The number of hydrogen-bond acceptors (Lipinski definition) is 5. The number of ether oxygens (including phenoxy) is 4. The Kier molecular flexibility index (Phi) is 5.04. The van der Waals surface area contributed by atoms with Crippen LogP contribution in [0.2, 0.25) is 0 Å². The molecule has 0 amide bonds. The minimum atomic E-state index is 0.00303. The summed E-state index contributed by atoms with van der Waals surface area (Å²) in [5, 5.41) is 3.70. The molecule has 4 aliphatic rings. The zero-order valence-electron chi connectivity index (χ0n) is 17.2. The highest BCUT2D eigenvalue weighted by atomic mass is 16.7. The molecule has 3 saturated heterocycles. The quantitative estimate of drug-likeness (QED) is 0.619. The highest BCUT2D eigenvalue weighted by molar-refractivity contribution is 5.80. The maximum Gasteiger partial charge on any atom is 0.231 e. The standard InChI is InChI=1S/C22H31N3O4/c1-23-20(25-8-4-21(14-25)5-9-27-15-21)24-13-22(6-10-26-11-7-22)17-2-3-18-19(12-17)29-16-28-18/h2-3,12H,4-11,13-16H2,1H3,(H,23,24). The molecule has 7 nitrogen and oxygen atoms in total. The monoisotopic (exact) mass is 401 g/mol. The van der Waals surface area contributed by atoms with Crippen molar-refractivity contribution in [1.29, 1.82) is 0 Å². The van der Waals surface area contributed by atoms with Gasteiger partial charge in [0.1, 0.15) is 0 Å². The lowest BCUT2D eigenvalue weighted by atomic mass is 9.74. The van der Waals surface area contributed by atoms with Gasteiger partial charge >= 0.3 is 0 Å². The molecule has 1 unspecified atom stereocenters. The lowest BCUT2D eigenvalue weighted by Crippen LogP contribution is -2.49. The molecular weight excluding hydrogens is 370 g/mol. The van der Waals surface area contributed by atoms with Gasteiger partial charge in [-0.2, -0.15) is 0 Å². The van der Waals surface area contributed by atoms with Crippen LogP contribution in [0.4, 0.5) is 0 Å². The zero-order valence-corrected chi connectivity index (χ0v) is 17.2. The van der Waals surface area contributed by atoms with Crippen molar-refractivity contribution in [3.63, 3.8) is 0 Å². The Morgan fingerprint density at radius 1 is 1.07 bits per heavy atom. The SMILES string of the molecule is CN=C(NCC1(c2ccc3c(c2)OCO3)CCOCC1)N1CCC2(CCOC2)C1. The molecule has 3 fully saturated rings. The maximum atomic E-state index is 5.70. The highest BCUT2D eigenvalue weighted by Gasteiger charge is 2.43. The summed E-state index contributed by atoms with van der Waals surface area (Å²) in [5.74, 6) is 2.68. The Labute approximate surface area is 172 Å². The summed E-state index contributed by atoms with van der Waals surface area (Å²) in [6.45, 7) is 6.56. The molecule has 7 heteroatoms. The third-order valence-corrected chi connectivity index (χ3v) is 7.15. The van der Waals surface area contributed by atoms with Gasteiger partial charge in [0.2, 0.25) is 6.79 Å². The van der Waals surface area contributed by atoms with Crippen LogP contribution in [0.3, 0.4) is 0 Å². The summed E-state index contributed by atoms with van der Waals surface area (Å²) in [6.07, 6.45) is 4.32. The Bertz CT molecular complexity index is 769. The molecule has 0 radical (unpaired) electrons. The van der Waals surface area contributed by atoms with Crippen LogP contribution in [-0.4, -0.2) is 70.8 Å². The van der Waals surface area contributed by atoms with Crippen molar-refractivity contribution in [2.24, 2.45) is 10.4 Å². The normalized spacial score (nSPS) is 28.3. The Morgan fingerprint density at radius 2 is 1.90 bits per heavy atom. The van der Waals surface area contributed by atoms with E-state index in [-0.39, 0.29) is 5.41 Å². The molecular formula is C22H31N3O4. The van der Waals surface area contributed by atoms with E-state index in [1.807, 2.05) is 13.1 Å². The van der Waals surface area contributed by atoms with Gasteiger partial charge in [-0.15, -0.1) is 0 Å². The van der Waals surface area contributed by atoms with Crippen molar-refractivity contribution in [3.8, 4) is 11.5 Å². The van der Waals surface area contributed by atoms with Gasteiger partial charge in [-0.3, -0.25) is 4.99 Å². The predicted octanol–water partition coefficient (Wildman–Crippen LogP) is 2.15. The van der Waals surface area contributed by atoms with Crippen LogP contribution in [-0.2, 0) is 14.9 Å². The molecule has 4 heterocycles. The van der Waals surface area contributed by atoms with E-state index in [0.29, 0.717) is 12.2 Å². The largest absolute Gasteiger partial charge is 0.454 e. The molecule has 0 aliphatic carbocycles. The van der Waals surface area contributed by atoms with Crippen molar-refractivity contribution in [3.05, 3.63) is 23.8 Å². The second kappa shape index (κ2) is 7.69. The first-order chi connectivity index (χ1) is 14.2. The summed E-state index contributed by atoms with van der Waals surface area (Å²) in [7, 11) is 1.88. The van der Waals surface area contributed by atoms with Crippen LogP contribution in [0, 0.1) is 5.41 Å². The second-order valence-corrected chi connectivity index (χ2v) is 8.84. The van der Waals surface area contributed by atoms with Gasteiger partial charge in [0, 0.05) is 57.3 Å². The molecule has 29 heavy (non-hydrogen) atoms. The number of hydrogen-bond donors (Lipinski definition) is 1. The minimum Gasteiger partial charge on any atom is -0.454 e. The third kappa shape index (κ3) is 3.55. The number of rotatable bonds is 3. The number of nitrogens with zero attached hydrogens (tertiary/aromatic N) is 2. The fraction of sp³-hybridized carbons (Fsp3) is 0.682. The third-order valence-electron chi connectivity index (χ3n) is 7.15. The van der Waals surface area contributed by atoms with Gasteiger partial charge in [0.15, 0.2) is 17.5 Å². The first-order valence-electron chi connectivity index (χ1n) is 10.7. The molecule has 1 atom stereocenters. The van der Waals surface area contributed by atoms with E-state index >= 15 is 0 Å². The maximum absolute atomic E-state index is 5.70. The number of benzene rings is 1. The number of fused-ring (bicyclic) bond motifs is 1. The fourth-order valence-corrected chi connectivity index (χ4v) is 5.22. The zero-order chi connectivity index (χ0) is 19.7. The van der Waals surface area contributed by atoms with E-state index in [1.54, 1.807) is 0 Å². The molecule has 0 aromatic heterocycles. The van der Waals surface area contributed by atoms with Crippen molar-refractivity contribution >= 4 is 5.96 Å². The summed E-state index contributed by atoms with van der Waals surface area (Å²) < 4.78 is 22.5. The number of aliphatic imine (C=N–C) groups is 1. The van der Waals surface area contributed by atoms with E-state index in [4.69, 9.17) is 18.9 Å². The van der Waals surface area contributed by atoms with Crippen LogP contribution < -0.4 is 14.8 Å². The lowest BCUT2D eigenvalue weighted by molar-refractivity contribution is 0.0511. The summed E-state index contributed by atoms with van der Waals surface area (Å²) >= 11 is 0. The molecule has 1 aromatic carbocycles. The van der Waals surface area contributed by atoms with Crippen LogP contribution in [0.1, 0.15) is 31.2 Å². The van der Waals surface area contributed by atoms with Gasteiger partial charge in [-0.05, 0) is 43.4 Å². The topological polar surface area (TPSA) is 64.6 Å². The minimum absolute atomic E-state index is 0.00303.